The third-order valence-corrected chi connectivity index (χ3v) is 5.25. The van der Waals surface area contributed by atoms with Crippen LogP contribution >= 0.6 is 21.6 Å². The average Bonchev–Trinajstić information content (AvgIpc) is 2.62. The molecule has 0 saturated carbocycles. The molecule has 1 rings (SSSR count). The molecule has 2 unspecified atom stereocenters. The first-order chi connectivity index (χ1) is 7.00. The predicted molar refractivity (Wildman–Crippen MR) is 70.8 cm³/mol. The fraction of sp³-hybridized carbons (Fsp3) is 1.00. The van der Waals surface area contributed by atoms with E-state index in [4.69, 9.17) is 0 Å². The maximum atomic E-state index is 3.57. The highest BCUT2D eigenvalue weighted by Gasteiger charge is 2.29. The van der Waals surface area contributed by atoms with Crippen LogP contribution in [-0.2, 0) is 0 Å². The summed E-state index contributed by atoms with van der Waals surface area (Å²) in [6, 6.07) is 0. The van der Waals surface area contributed by atoms with Crippen molar-refractivity contribution in [1.29, 1.82) is 0 Å². The van der Waals surface area contributed by atoms with Crippen molar-refractivity contribution >= 4 is 21.6 Å². The highest BCUT2D eigenvalue weighted by molar-refractivity contribution is 8.77. The second-order valence-corrected chi connectivity index (χ2v) is 6.74. The lowest BCUT2D eigenvalue weighted by Gasteiger charge is -2.26. The second-order valence-electron chi connectivity index (χ2n) is 4.31. The summed E-state index contributed by atoms with van der Waals surface area (Å²) >= 11 is 0. The van der Waals surface area contributed by atoms with Gasteiger partial charge in [0.2, 0.25) is 0 Å². The molecule has 0 aromatic heterocycles. The van der Waals surface area contributed by atoms with Gasteiger partial charge in [-0.2, -0.15) is 0 Å². The summed E-state index contributed by atoms with van der Waals surface area (Å²) in [5.41, 5.74) is 0.865. The Morgan fingerprint density at radius 3 is 2.00 bits per heavy atom. The van der Waals surface area contributed by atoms with Crippen molar-refractivity contribution in [3.63, 3.8) is 0 Å². The molecular weight excluding hydrogens is 228 g/mol. The predicted octanol–water partition coefficient (Wildman–Crippen LogP) is 0.593. The first-order valence-electron chi connectivity index (χ1n) is 5.10. The molecular formula is C9H22N4S2. The van der Waals surface area contributed by atoms with Crippen LogP contribution < -0.4 is 5.32 Å². The minimum absolute atomic E-state index is 0.432. The van der Waals surface area contributed by atoms with E-state index in [2.05, 4.69) is 55.3 Å². The Morgan fingerprint density at radius 2 is 1.53 bits per heavy atom. The fourth-order valence-corrected chi connectivity index (χ4v) is 4.21. The minimum atomic E-state index is 0.432. The maximum Gasteiger partial charge on any atom is 0.120 e. The van der Waals surface area contributed by atoms with Gasteiger partial charge in [-0.05, 0) is 35.2 Å². The zero-order chi connectivity index (χ0) is 11.4. The molecule has 15 heavy (non-hydrogen) atoms. The lowest BCUT2D eigenvalue weighted by molar-refractivity contribution is 0.218. The van der Waals surface area contributed by atoms with E-state index >= 15 is 0 Å². The quantitative estimate of drug-likeness (QED) is 0.716. The van der Waals surface area contributed by atoms with Crippen LogP contribution in [0.3, 0.4) is 0 Å². The van der Waals surface area contributed by atoms with Crippen LogP contribution in [0.15, 0.2) is 0 Å². The summed E-state index contributed by atoms with van der Waals surface area (Å²) in [7, 11) is 14.4. The molecule has 2 atom stereocenters. The van der Waals surface area contributed by atoms with Gasteiger partial charge in [-0.1, -0.05) is 21.6 Å². The number of nitrogens with one attached hydrogen (secondary N) is 1. The molecule has 6 heteroatoms. The summed E-state index contributed by atoms with van der Waals surface area (Å²) in [4.78, 5) is 6.78. The molecule has 0 aromatic rings. The Balaban J connectivity index is 2.27. The highest BCUT2D eigenvalue weighted by atomic mass is 33.1. The van der Waals surface area contributed by atoms with Crippen LogP contribution in [0.4, 0.5) is 0 Å². The molecule has 1 fully saturated rings. The Hall–Kier alpha value is 0.540. The van der Waals surface area contributed by atoms with Crippen molar-refractivity contribution in [3.8, 4) is 0 Å². The lowest BCUT2D eigenvalue weighted by Crippen LogP contribution is -2.46. The van der Waals surface area contributed by atoms with Gasteiger partial charge in [-0.15, -0.1) is 0 Å². The van der Waals surface area contributed by atoms with Crippen LogP contribution in [0.25, 0.3) is 0 Å². The molecule has 0 spiro atoms. The average molecular weight is 250 g/mol. The van der Waals surface area contributed by atoms with Crippen molar-refractivity contribution in [3.05, 3.63) is 0 Å². The molecule has 1 aliphatic heterocycles. The van der Waals surface area contributed by atoms with Gasteiger partial charge in [-0.3, -0.25) is 15.1 Å². The minimum Gasteiger partial charge on any atom is -0.308 e. The van der Waals surface area contributed by atoms with Gasteiger partial charge in [0.25, 0.3) is 0 Å². The molecule has 0 radical (unpaired) electrons. The van der Waals surface area contributed by atoms with E-state index in [9.17, 15) is 0 Å². The van der Waals surface area contributed by atoms with Crippen molar-refractivity contribution in [2.24, 2.45) is 0 Å². The maximum absolute atomic E-state index is 3.57. The van der Waals surface area contributed by atoms with Gasteiger partial charge in [-0.25, -0.2) is 0 Å². The summed E-state index contributed by atoms with van der Waals surface area (Å²) in [6.07, 6.45) is 0. The van der Waals surface area contributed by atoms with Crippen LogP contribution in [0.5, 0.6) is 0 Å². The van der Waals surface area contributed by atoms with Crippen molar-refractivity contribution < 1.29 is 0 Å². The molecule has 1 aliphatic rings. The Labute approximate surface area is 101 Å². The third kappa shape index (κ3) is 4.50. The van der Waals surface area contributed by atoms with E-state index in [0.29, 0.717) is 11.0 Å². The van der Waals surface area contributed by atoms with Crippen molar-refractivity contribution in [2.45, 2.75) is 11.0 Å². The van der Waals surface area contributed by atoms with E-state index in [1.807, 2.05) is 21.6 Å². The molecule has 1 heterocycles. The molecule has 1 N–H and O–H groups in total. The topological polar surface area (TPSA) is 21.8 Å². The summed E-state index contributed by atoms with van der Waals surface area (Å²) in [5, 5.41) is 3.57. The van der Waals surface area contributed by atoms with Gasteiger partial charge < -0.3 is 4.90 Å². The molecule has 90 valence electrons. The fourth-order valence-electron chi connectivity index (χ4n) is 1.19. The Bertz CT molecular complexity index is 189. The normalized spacial score (nSPS) is 27.2. The van der Waals surface area contributed by atoms with Crippen LogP contribution in [-0.4, -0.2) is 74.0 Å². The van der Waals surface area contributed by atoms with E-state index in [1.54, 1.807) is 0 Å². The van der Waals surface area contributed by atoms with Crippen LogP contribution in [0.1, 0.15) is 0 Å². The largest absolute Gasteiger partial charge is 0.308 e. The van der Waals surface area contributed by atoms with E-state index < -0.39 is 0 Å². The number of hydrogen-bond donors (Lipinski definition) is 1. The van der Waals surface area contributed by atoms with Crippen molar-refractivity contribution in [1.82, 2.24) is 20.0 Å². The van der Waals surface area contributed by atoms with Gasteiger partial charge >= 0.3 is 0 Å². The molecule has 0 bridgehead atoms. The molecule has 1 saturated heterocycles. The summed E-state index contributed by atoms with van der Waals surface area (Å²) in [5.74, 6) is 0. The smallest absolute Gasteiger partial charge is 0.120 e. The number of rotatable bonds is 5. The Morgan fingerprint density at radius 1 is 0.933 bits per heavy atom. The molecule has 0 amide bonds. The lowest BCUT2D eigenvalue weighted by atomic mass is 10.5. The van der Waals surface area contributed by atoms with Gasteiger partial charge in [0.15, 0.2) is 0 Å². The van der Waals surface area contributed by atoms with E-state index in [0.717, 1.165) is 13.1 Å². The first-order valence-corrected chi connectivity index (χ1v) is 7.38. The summed E-state index contributed by atoms with van der Waals surface area (Å²) < 4.78 is 0. The molecule has 0 aromatic carbocycles. The van der Waals surface area contributed by atoms with Gasteiger partial charge in [0, 0.05) is 13.1 Å². The third-order valence-electron chi connectivity index (χ3n) is 2.29. The standard InChI is InChI=1S/C9H22N4S2/c1-11(2)6-7-13(5)9-10-8(12(3)4)14-15-9/h8-10H,6-7H2,1-5H3. The molecule has 4 nitrogen and oxygen atoms in total. The van der Waals surface area contributed by atoms with E-state index in [-0.39, 0.29) is 0 Å². The zero-order valence-corrected chi connectivity index (χ0v) is 11.9. The van der Waals surface area contributed by atoms with Crippen LogP contribution in [0.2, 0.25) is 0 Å². The number of hydrogen-bond acceptors (Lipinski definition) is 6. The number of nitrogens with zero attached hydrogens (tertiary/aromatic N) is 3. The monoisotopic (exact) mass is 250 g/mol. The molecule has 0 aliphatic carbocycles. The van der Waals surface area contributed by atoms with Gasteiger partial charge in [0.1, 0.15) is 11.0 Å². The van der Waals surface area contributed by atoms with E-state index in [1.165, 1.54) is 0 Å². The van der Waals surface area contributed by atoms with Crippen LogP contribution in [0, 0.1) is 0 Å². The highest BCUT2D eigenvalue weighted by Crippen LogP contribution is 2.37. The Kier molecular flexibility index (Phi) is 5.73. The first kappa shape index (κ1) is 13.6. The van der Waals surface area contributed by atoms with Crippen molar-refractivity contribution in [2.75, 3.05) is 48.3 Å². The number of likely N-dealkylation sites (N-methyl/N-ethyl adjacent to an activating group) is 2. The second kappa shape index (κ2) is 6.32. The summed E-state index contributed by atoms with van der Waals surface area (Å²) in [6.45, 7) is 2.20. The van der Waals surface area contributed by atoms with Gasteiger partial charge in [0.05, 0.1) is 0 Å². The zero-order valence-electron chi connectivity index (χ0n) is 10.2. The SMILES string of the molecule is CN(C)CCN(C)C1NC(N(C)C)SS1.